The first-order valence-electron chi connectivity index (χ1n) is 13.0. The zero-order valence-electron chi connectivity index (χ0n) is 24.2. The van der Waals surface area contributed by atoms with Crippen LogP contribution in [0, 0.1) is 29.2 Å². The van der Waals surface area contributed by atoms with E-state index < -0.39 is 5.09 Å². The van der Waals surface area contributed by atoms with Crippen LogP contribution in [0.5, 0.6) is 11.5 Å². The van der Waals surface area contributed by atoms with E-state index in [-0.39, 0.29) is 51.2 Å². The molecule has 9 heteroatoms. The van der Waals surface area contributed by atoms with Gasteiger partial charge in [0.05, 0.1) is 17.2 Å². The van der Waals surface area contributed by atoms with Gasteiger partial charge < -0.3 is 25.5 Å². The summed E-state index contributed by atoms with van der Waals surface area (Å²) in [4.78, 5) is 18.0. The van der Waals surface area contributed by atoms with Gasteiger partial charge in [-0.1, -0.05) is 101 Å². The second-order valence-electron chi connectivity index (χ2n) is 12.1. The van der Waals surface area contributed by atoms with Crippen LogP contribution in [-0.4, -0.2) is 29.6 Å². The maximum absolute atomic E-state index is 12.7. The average Bonchev–Trinajstić information content (AvgIpc) is 2.79. The molecule has 1 fully saturated rings. The summed E-state index contributed by atoms with van der Waals surface area (Å²) in [5.74, 6) is 0.0798. The number of nitrogens with zero attached hydrogens (tertiary/aromatic N) is 3. The van der Waals surface area contributed by atoms with Crippen LogP contribution in [-0.2, 0) is 27.6 Å². The van der Waals surface area contributed by atoms with Crippen LogP contribution in [0.4, 0.5) is 0 Å². The molecular formula is C30H40CoN3O5. The van der Waals surface area contributed by atoms with Gasteiger partial charge in [-0.25, -0.2) is 0 Å². The van der Waals surface area contributed by atoms with Crippen molar-refractivity contribution in [3.63, 3.8) is 0 Å². The fourth-order valence-electron chi connectivity index (χ4n) is 4.45. The van der Waals surface area contributed by atoms with Crippen molar-refractivity contribution in [3.8, 4) is 11.5 Å². The molecule has 2 atom stereocenters. The minimum atomic E-state index is -1.75. The molecule has 0 heterocycles. The molecule has 1 aliphatic rings. The zero-order valence-corrected chi connectivity index (χ0v) is 25.2. The Bertz CT molecular complexity index is 1110. The van der Waals surface area contributed by atoms with E-state index in [1.807, 2.05) is 38.1 Å². The number of hydrogen-bond acceptors (Lipinski definition) is 7. The first-order chi connectivity index (χ1) is 17.5. The summed E-state index contributed by atoms with van der Waals surface area (Å²) in [5, 5.41) is 40.2. The van der Waals surface area contributed by atoms with E-state index in [1.165, 1.54) is 0 Å². The maximum atomic E-state index is 12.7. The van der Waals surface area contributed by atoms with Gasteiger partial charge in [-0.3, -0.25) is 9.98 Å². The number of hydrogen-bond donors (Lipinski definition) is 0. The molecule has 0 aliphatic heterocycles. The van der Waals surface area contributed by atoms with Crippen molar-refractivity contribution < 1.29 is 32.1 Å². The summed E-state index contributed by atoms with van der Waals surface area (Å²) in [7, 11) is 0. The normalized spacial score (nSPS) is 17.9. The molecule has 39 heavy (non-hydrogen) atoms. The first-order valence-corrected chi connectivity index (χ1v) is 13.0. The number of benzene rings is 2. The SMILES string of the molecule is Cc1cc(C(C)(C)C)cc(C=N[C@H]2CCCC[C@@H]2N=Cc2cc(C(C)(C)C)cc(C)c2[O-])c1[O-].O=[N+]([O-])[O-].[Co+3]. The van der Waals surface area contributed by atoms with Gasteiger partial charge in [0.25, 0.3) is 0 Å². The molecule has 1 saturated carbocycles. The average molecular weight is 582 g/mol. The number of aliphatic imine (C=N–C) groups is 2. The summed E-state index contributed by atoms with van der Waals surface area (Å²) in [6.45, 7) is 16.7. The summed E-state index contributed by atoms with van der Waals surface area (Å²) in [5.41, 5.74) is 5.02. The number of aryl methyl sites for hydroxylation is 2. The Balaban J connectivity index is 0.00000142. The van der Waals surface area contributed by atoms with Crippen molar-refractivity contribution in [2.75, 3.05) is 0 Å². The van der Waals surface area contributed by atoms with Gasteiger partial charge in [0.1, 0.15) is 0 Å². The van der Waals surface area contributed by atoms with Crippen LogP contribution >= 0.6 is 0 Å². The van der Waals surface area contributed by atoms with Crippen molar-refractivity contribution in [2.24, 2.45) is 9.98 Å². The molecule has 2 aromatic rings. The Kier molecular flexibility index (Phi) is 12.2. The van der Waals surface area contributed by atoms with Crippen LogP contribution in [0.2, 0.25) is 0 Å². The van der Waals surface area contributed by atoms with E-state index in [0.717, 1.165) is 47.9 Å². The van der Waals surface area contributed by atoms with E-state index in [0.29, 0.717) is 11.1 Å². The molecule has 0 bridgehead atoms. The van der Waals surface area contributed by atoms with E-state index >= 15 is 0 Å². The predicted molar refractivity (Wildman–Crippen MR) is 150 cm³/mol. The second kappa shape index (κ2) is 13.9. The molecule has 2 aromatic carbocycles. The molecule has 8 nitrogen and oxygen atoms in total. The van der Waals surface area contributed by atoms with Crippen LogP contribution in [0.15, 0.2) is 34.3 Å². The van der Waals surface area contributed by atoms with Crippen LogP contribution in [0.1, 0.15) is 101 Å². The predicted octanol–water partition coefficient (Wildman–Crippen LogP) is 5.65. The summed E-state index contributed by atoms with van der Waals surface area (Å²) in [6, 6.07) is 7.97. The summed E-state index contributed by atoms with van der Waals surface area (Å²) >= 11 is 0. The fraction of sp³-hybridized carbons (Fsp3) is 0.533. The summed E-state index contributed by atoms with van der Waals surface area (Å²) < 4.78 is 0. The topological polar surface area (TPSA) is 137 Å². The zero-order chi connectivity index (χ0) is 28.8. The van der Waals surface area contributed by atoms with Gasteiger partial charge in [-0.2, -0.15) is 0 Å². The monoisotopic (exact) mass is 581 g/mol. The Hall–Kier alpha value is -2.91. The molecule has 0 saturated heterocycles. The molecule has 0 amide bonds. The maximum Gasteiger partial charge on any atom is 3.00 e. The fourth-order valence-corrected chi connectivity index (χ4v) is 4.45. The third-order valence-corrected chi connectivity index (χ3v) is 6.84. The molecular weight excluding hydrogens is 541 g/mol. The second-order valence-corrected chi connectivity index (χ2v) is 12.1. The van der Waals surface area contributed by atoms with Crippen LogP contribution in [0.3, 0.4) is 0 Å². The largest absolute Gasteiger partial charge is 3.00 e. The number of rotatable bonds is 4. The third kappa shape index (κ3) is 9.96. The minimum absolute atomic E-state index is 0. The van der Waals surface area contributed by atoms with E-state index in [4.69, 9.17) is 25.3 Å². The van der Waals surface area contributed by atoms with E-state index in [1.54, 1.807) is 12.4 Å². The molecule has 0 spiro atoms. The quantitative estimate of drug-likeness (QED) is 0.261. The van der Waals surface area contributed by atoms with Gasteiger partial charge in [0.2, 0.25) is 0 Å². The van der Waals surface area contributed by atoms with Crippen molar-refractivity contribution in [3.05, 3.63) is 73.0 Å². The Morgan fingerprint density at radius 3 is 1.33 bits per heavy atom. The van der Waals surface area contributed by atoms with Crippen LogP contribution in [0.25, 0.3) is 0 Å². The van der Waals surface area contributed by atoms with E-state index in [2.05, 4.69) is 41.5 Å². The summed E-state index contributed by atoms with van der Waals surface area (Å²) in [6.07, 6.45) is 7.60. The minimum Gasteiger partial charge on any atom is -0.872 e. The van der Waals surface area contributed by atoms with Gasteiger partial charge in [-0.05, 0) is 59.8 Å². The Labute approximate surface area is 242 Å². The smallest absolute Gasteiger partial charge is 0.872 e. The molecule has 1 aliphatic carbocycles. The van der Waals surface area contributed by atoms with Crippen LogP contribution < -0.4 is 10.2 Å². The van der Waals surface area contributed by atoms with E-state index in [9.17, 15) is 10.2 Å². The molecule has 0 radical (unpaired) electrons. The molecule has 0 aromatic heterocycles. The van der Waals surface area contributed by atoms with Crippen molar-refractivity contribution in [1.29, 1.82) is 0 Å². The van der Waals surface area contributed by atoms with Gasteiger partial charge in [0, 0.05) is 12.4 Å². The third-order valence-electron chi connectivity index (χ3n) is 6.84. The molecule has 0 unspecified atom stereocenters. The van der Waals surface area contributed by atoms with Crippen molar-refractivity contribution in [2.45, 2.75) is 104 Å². The van der Waals surface area contributed by atoms with Gasteiger partial charge in [-0.15, -0.1) is 0 Å². The first kappa shape index (κ1) is 34.1. The Morgan fingerprint density at radius 2 is 1.05 bits per heavy atom. The Morgan fingerprint density at radius 1 is 0.744 bits per heavy atom. The standard InChI is InChI=1S/C30H42N2O2.Co.NO3/c1-19-13-23(29(3,4)5)15-21(27(19)33)17-31-25-11-9-10-12-26(25)32-18-22-16-24(30(6,7)8)14-20(2)28(22)34;;2-1(3)4/h13-18,25-26,33-34H,9-12H2,1-8H3;;/q;+3;-1/p-2/t25-,26-;;/m0../s1. The van der Waals surface area contributed by atoms with Gasteiger partial charge in [0.15, 0.2) is 0 Å². The molecule has 0 N–H and O–H groups in total. The van der Waals surface area contributed by atoms with Crippen molar-refractivity contribution >= 4 is 12.4 Å². The molecule has 3 rings (SSSR count). The molecule has 214 valence electrons. The van der Waals surface area contributed by atoms with Crippen molar-refractivity contribution in [1.82, 2.24) is 0 Å². The van der Waals surface area contributed by atoms with Gasteiger partial charge >= 0.3 is 16.8 Å².